The van der Waals surface area contributed by atoms with E-state index in [0.717, 1.165) is 4.90 Å². The van der Waals surface area contributed by atoms with E-state index in [-0.39, 0.29) is 24.8 Å². The zero-order chi connectivity index (χ0) is 16.7. The Bertz CT molecular complexity index is 686. The molecule has 7 nitrogen and oxygen atoms in total. The predicted molar refractivity (Wildman–Crippen MR) is 82.9 cm³/mol. The Labute approximate surface area is 133 Å². The lowest BCUT2D eigenvalue weighted by molar-refractivity contribution is -0.129. The van der Waals surface area contributed by atoms with E-state index in [2.05, 4.69) is 10.6 Å². The summed E-state index contributed by atoms with van der Waals surface area (Å²) >= 11 is 0. The van der Waals surface area contributed by atoms with Crippen LogP contribution in [0.15, 0.2) is 18.2 Å². The zero-order valence-corrected chi connectivity index (χ0v) is 13.0. The standard InChI is InChI=1S/C16H19N3O4/c1-8(2)17-10-5-3-4-9-13(10)16(23)19(15(9)22)11-6-7-12(20)18-14(11)21/h3-5,8,11,14,17,21H,6-7H2,1-2H3,(H,18,20). The molecule has 0 radical (unpaired) electrons. The number of nitrogens with zero attached hydrogens (tertiary/aromatic N) is 1. The van der Waals surface area contributed by atoms with Crippen molar-refractivity contribution < 1.29 is 19.5 Å². The van der Waals surface area contributed by atoms with E-state index in [0.29, 0.717) is 16.8 Å². The number of imide groups is 1. The topological polar surface area (TPSA) is 98.7 Å². The van der Waals surface area contributed by atoms with Gasteiger partial charge in [0.1, 0.15) is 6.23 Å². The number of benzene rings is 1. The van der Waals surface area contributed by atoms with Crippen LogP contribution in [-0.2, 0) is 4.79 Å². The quantitative estimate of drug-likeness (QED) is 0.713. The van der Waals surface area contributed by atoms with Crippen LogP contribution in [0.4, 0.5) is 5.69 Å². The fourth-order valence-corrected chi connectivity index (χ4v) is 3.08. The second kappa shape index (κ2) is 5.66. The Balaban J connectivity index is 1.96. The van der Waals surface area contributed by atoms with Gasteiger partial charge in [-0.1, -0.05) is 6.07 Å². The molecule has 1 aromatic rings. The Hall–Kier alpha value is -2.41. The van der Waals surface area contributed by atoms with Crippen LogP contribution in [0.5, 0.6) is 0 Å². The number of carbonyl (C=O) groups is 3. The summed E-state index contributed by atoms with van der Waals surface area (Å²) in [7, 11) is 0. The highest BCUT2D eigenvalue weighted by Crippen LogP contribution is 2.33. The molecule has 2 atom stereocenters. The largest absolute Gasteiger partial charge is 0.382 e. The maximum absolute atomic E-state index is 12.8. The van der Waals surface area contributed by atoms with E-state index in [4.69, 9.17) is 0 Å². The molecule has 0 aromatic heterocycles. The third-order valence-electron chi connectivity index (χ3n) is 4.06. The Morgan fingerprint density at radius 1 is 1.26 bits per heavy atom. The number of fused-ring (bicyclic) bond motifs is 1. The third kappa shape index (κ3) is 2.57. The number of anilines is 1. The highest BCUT2D eigenvalue weighted by atomic mass is 16.3. The van der Waals surface area contributed by atoms with Crippen molar-refractivity contribution in [3.05, 3.63) is 29.3 Å². The monoisotopic (exact) mass is 317 g/mol. The summed E-state index contributed by atoms with van der Waals surface area (Å²) in [4.78, 5) is 37.8. The van der Waals surface area contributed by atoms with Crippen molar-refractivity contribution >= 4 is 23.4 Å². The van der Waals surface area contributed by atoms with E-state index >= 15 is 0 Å². The van der Waals surface area contributed by atoms with Gasteiger partial charge in [-0.3, -0.25) is 19.3 Å². The van der Waals surface area contributed by atoms with Gasteiger partial charge in [0.25, 0.3) is 11.8 Å². The molecule has 7 heteroatoms. The predicted octanol–water partition coefficient (Wildman–Crippen LogP) is 0.700. The van der Waals surface area contributed by atoms with Gasteiger partial charge >= 0.3 is 0 Å². The molecule has 3 amide bonds. The van der Waals surface area contributed by atoms with Crippen molar-refractivity contribution in [3.8, 4) is 0 Å². The summed E-state index contributed by atoms with van der Waals surface area (Å²) in [6, 6.07) is 4.45. The van der Waals surface area contributed by atoms with Crippen molar-refractivity contribution in [2.75, 3.05) is 5.32 Å². The van der Waals surface area contributed by atoms with Gasteiger partial charge in [-0.15, -0.1) is 0 Å². The van der Waals surface area contributed by atoms with Crippen molar-refractivity contribution in [2.45, 2.75) is 45.0 Å². The lowest BCUT2D eigenvalue weighted by Gasteiger charge is -2.33. The van der Waals surface area contributed by atoms with Crippen molar-refractivity contribution in [2.24, 2.45) is 0 Å². The summed E-state index contributed by atoms with van der Waals surface area (Å²) in [5.41, 5.74) is 1.26. The van der Waals surface area contributed by atoms with Crippen molar-refractivity contribution in [1.29, 1.82) is 0 Å². The lowest BCUT2D eigenvalue weighted by atomic mass is 10.0. The van der Waals surface area contributed by atoms with E-state index in [1.807, 2.05) is 13.8 Å². The van der Waals surface area contributed by atoms with Gasteiger partial charge in [-0.05, 0) is 32.4 Å². The van der Waals surface area contributed by atoms with Gasteiger partial charge in [0.2, 0.25) is 5.91 Å². The molecule has 1 aromatic carbocycles. The van der Waals surface area contributed by atoms with Gasteiger partial charge in [-0.2, -0.15) is 0 Å². The molecule has 2 aliphatic heterocycles. The van der Waals surface area contributed by atoms with E-state index in [9.17, 15) is 19.5 Å². The number of hydrogen-bond donors (Lipinski definition) is 3. The molecule has 3 N–H and O–H groups in total. The Morgan fingerprint density at radius 2 is 2.00 bits per heavy atom. The lowest BCUT2D eigenvalue weighted by Crippen LogP contribution is -2.57. The maximum Gasteiger partial charge on any atom is 0.264 e. The number of nitrogens with one attached hydrogen (secondary N) is 2. The first-order valence-corrected chi connectivity index (χ1v) is 7.65. The second-order valence-electron chi connectivity index (χ2n) is 6.13. The summed E-state index contributed by atoms with van der Waals surface area (Å²) < 4.78 is 0. The normalized spacial score (nSPS) is 24.0. The minimum absolute atomic E-state index is 0.109. The molecule has 0 spiro atoms. The number of aliphatic hydroxyl groups excluding tert-OH is 1. The van der Waals surface area contributed by atoms with Crippen LogP contribution in [0, 0.1) is 0 Å². The van der Waals surface area contributed by atoms with Gasteiger partial charge in [-0.25, -0.2) is 0 Å². The number of rotatable bonds is 3. The van der Waals surface area contributed by atoms with Crippen LogP contribution in [0.2, 0.25) is 0 Å². The molecule has 0 bridgehead atoms. The minimum atomic E-state index is -1.24. The highest BCUT2D eigenvalue weighted by Gasteiger charge is 2.45. The molecule has 122 valence electrons. The molecule has 1 saturated heterocycles. The fourth-order valence-electron chi connectivity index (χ4n) is 3.08. The van der Waals surface area contributed by atoms with E-state index < -0.39 is 24.1 Å². The molecular weight excluding hydrogens is 298 g/mol. The number of carbonyl (C=O) groups excluding carboxylic acids is 3. The fraction of sp³-hybridized carbons (Fsp3) is 0.438. The highest BCUT2D eigenvalue weighted by molar-refractivity contribution is 6.24. The molecule has 2 unspecified atom stereocenters. The van der Waals surface area contributed by atoms with Gasteiger partial charge in [0.05, 0.1) is 17.2 Å². The Kier molecular flexibility index (Phi) is 3.81. The summed E-state index contributed by atoms with van der Waals surface area (Å²) in [5.74, 6) is -1.15. The van der Waals surface area contributed by atoms with Gasteiger partial charge in [0.15, 0.2) is 0 Å². The molecule has 0 saturated carbocycles. The maximum atomic E-state index is 12.8. The minimum Gasteiger partial charge on any atom is -0.382 e. The molecule has 3 rings (SSSR count). The van der Waals surface area contributed by atoms with Gasteiger partial charge in [0, 0.05) is 18.2 Å². The average Bonchev–Trinajstić information content (AvgIpc) is 2.72. The second-order valence-corrected chi connectivity index (χ2v) is 6.13. The average molecular weight is 317 g/mol. The van der Waals surface area contributed by atoms with Crippen LogP contribution in [0.25, 0.3) is 0 Å². The summed E-state index contributed by atoms with van der Waals surface area (Å²) in [6.07, 6.45) is -0.808. The van der Waals surface area contributed by atoms with Crippen LogP contribution in [0.3, 0.4) is 0 Å². The SMILES string of the molecule is CC(C)Nc1cccc2c1C(=O)N(C1CCC(=O)NC1O)C2=O. The summed E-state index contributed by atoms with van der Waals surface area (Å²) in [6.45, 7) is 3.89. The first-order chi connectivity index (χ1) is 10.9. The molecule has 1 fully saturated rings. The molecule has 23 heavy (non-hydrogen) atoms. The van der Waals surface area contributed by atoms with E-state index in [1.54, 1.807) is 18.2 Å². The molecule has 0 aliphatic carbocycles. The molecule has 2 heterocycles. The summed E-state index contributed by atoms with van der Waals surface area (Å²) in [5, 5.41) is 15.6. The van der Waals surface area contributed by atoms with Crippen LogP contribution in [-0.4, -0.2) is 46.0 Å². The number of piperidine rings is 1. The first-order valence-electron chi connectivity index (χ1n) is 7.65. The number of hydrogen-bond acceptors (Lipinski definition) is 5. The van der Waals surface area contributed by atoms with Crippen molar-refractivity contribution in [1.82, 2.24) is 10.2 Å². The smallest absolute Gasteiger partial charge is 0.264 e. The molecular formula is C16H19N3O4. The third-order valence-corrected chi connectivity index (χ3v) is 4.06. The molecule has 2 aliphatic rings. The van der Waals surface area contributed by atoms with E-state index in [1.165, 1.54) is 0 Å². The number of amides is 3. The van der Waals surface area contributed by atoms with Crippen molar-refractivity contribution in [3.63, 3.8) is 0 Å². The van der Waals surface area contributed by atoms with Crippen LogP contribution in [0.1, 0.15) is 47.4 Å². The van der Waals surface area contributed by atoms with Gasteiger partial charge < -0.3 is 15.7 Å². The van der Waals surface area contributed by atoms with Crippen LogP contribution >= 0.6 is 0 Å². The number of aliphatic hydroxyl groups is 1. The Morgan fingerprint density at radius 3 is 2.65 bits per heavy atom. The van der Waals surface area contributed by atoms with Crippen LogP contribution < -0.4 is 10.6 Å². The first kappa shape index (κ1) is 15.5. The zero-order valence-electron chi connectivity index (χ0n) is 13.0.